The molecule has 1 unspecified atom stereocenters. The number of hydrogen-bond acceptors (Lipinski definition) is 3. The van der Waals surface area contributed by atoms with Crippen molar-refractivity contribution in [1.82, 2.24) is 0 Å². The van der Waals surface area contributed by atoms with E-state index < -0.39 is 0 Å². The fourth-order valence-electron chi connectivity index (χ4n) is 3.07. The molecule has 4 heteroatoms. The van der Waals surface area contributed by atoms with E-state index in [0.29, 0.717) is 6.10 Å². The zero-order valence-electron chi connectivity index (χ0n) is 15.4. The Balaban J connectivity index is 1.61. The minimum atomic E-state index is -0.0539. The Morgan fingerprint density at radius 2 is 2.00 bits per heavy atom. The Labute approximate surface area is 160 Å². The molecule has 0 aromatic heterocycles. The Kier molecular flexibility index (Phi) is 7.15. The van der Waals surface area contributed by atoms with Gasteiger partial charge in [0.05, 0.1) is 11.7 Å². The molecule has 1 heterocycles. The van der Waals surface area contributed by atoms with Crippen molar-refractivity contribution in [3.05, 3.63) is 59.7 Å². The molecule has 0 radical (unpaired) electrons. The van der Waals surface area contributed by atoms with Crippen molar-refractivity contribution in [2.24, 2.45) is 0 Å². The Morgan fingerprint density at radius 3 is 2.73 bits per heavy atom. The van der Waals surface area contributed by atoms with Gasteiger partial charge in [0.2, 0.25) is 0 Å². The zero-order chi connectivity index (χ0) is 18.2. The minimum Gasteiger partial charge on any atom is -0.377 e. The van der Waals surface area contributed by atoms with Crippen LogP contribution in [-0.2, 0) is 11.2 Å². The number of anilines is 1. The van der Waals surface area contributed by atoms with E-state index in [1.807, 2.05) is 36.4 Å². The number of amides is 1. The average Bonchev–Trinajstić information content (AvgIpc) is 3.19. The molecule has 2 aromatic carbocycles. The molecule has 0 aliphatic carbocycles. The molecule has 1 aliphatic rings. The van der Waals surface area contributed by atoms with Crippen molar-refractivity contribution in [1.29, 1.82) is 0 Å². The number of carbonyl (C=O) groups excluding carboxylic acids is 1. The maximum Gasteiger partial charge on any atom is 0.256 e. The number of ether oxygens (including phenoxy) is 1. The first kappa shape index (κ1) is 19.0. The van der Waals surface area contributed by atoms with Crippen LogP contribution >= 0.6 is 11.8 Å². The Hall–Kier alpha value is -1.78. The first-order chi connectivity index (χ1) is 12.8. The molecule has 3 rings (SSSR count). The van der Waals surface area contributed by atoms with Crippen molar-refractivity contribution in [3.63, 3.8) is 0 Å². The third kappa shape index (κ3) is 5.36. The van der Waals surface area contributed by atoms with Gasteiger partial charge >= 0.3 is 0 Å². The van der Waals surface area contributed by atoms with E-state index in [2.05, 4.69) is 24.4 Å². The van der Waals surface area contributed by atoms with E-state index in [9.17, 15) is 4.79 Å². The van der Waals surface area contributed by atoms with Gasteiger partial charge in [-0.2, -0.15) is 0 Å². The van der Waals surface area contributed by atoms with Gasteiger partial charge < -0.3 is 10.1 Å². The van der Waals surface area contributed by atoms with Crippen LogP contribution in [0.5, 0.6) is 0 Å². The number of unbranched alkanes of at least 4 members (excludes halogenated alkanes) is 1. The van der Waals surface area contributed by atoms with Gasteiger partial charge in [0, 0.05) is 22.9 Å². The second-order valence-corrected chi connectivity index (χ2v) is 7.76. The lowest BCUT2D eigenvalue weighted by Gasteiger charge is -2.12. The van der Waals surface area contributed by atoms with Crippen LogP contribution in [0.15, 0.2) is 53.4 Å². The largest absolute Gasteiger partial charge is 0.377 e. The van der Waals surface area contributed by atoms with Crippen LogP contribution in [0.25, 0.3) is 0 Å². The molecule has 0 saturated carbocycles. The molecule has 1 saturated heterocycles. The lowest BCUT2D eigenvalue weighted by Crippen LogP contribution is -2.14. The fraction of sp³-hybridized carbons (Fsp3) is 0.409. The summed E-state index contributed by atoms with van der Waals surface area (Å²) in [5.74, 6) is 0.845. The normalized spacial score (nSPS) is 16.6. The second-order valence-electron chi connectivity index (χ2n) is 6.70. The van der Waals surface area contributed by atoms with E-state index >= 15 is 0 Å². The molecule has 138 valence electrons. The Morgan fingerprint density at radius 1 is 1.19 bits per heavy atom. The molecule has 2 aromatic rings. The van der Waals surface area contributed by atoms with Crippen LogP contribution in [0, 0.1) is 0 Å². The van der Waals surface area contributed by atoms with Crippen LogP contribution in [0.1, 0.15) is 48.5 Å². The van der Waals surface area contributed by atoms with Gasteiger partial charge in [0.1, 0.15) is 0 Å². The van der Waals surface area contributed by atoms with Gasteiger partial charge in [-0.05, 0) is 55.5 Å². The maximum atomic E-state index is 12.7. The molecule has 1 aliphatic heterocycles. The van der Waals surface area contributed by atoms with Crippen molar-refractivity contribution < 1.29 is 9.53 Å². The highest BCUT2D eigenvalue weighted by atomic mass is 32.2. The summed E-state index contributed by atoms with van der Waals surface area (Å²) in [6.45, 7) is 3.06. The summed E-state index contributed by atoms with van der Waals surface area (Å²) in [6, 6.07) is 16.0. The van der Waals surface area contributed by atoms with E-state index in [4.69, 9.17) is 4.74 Å². The van der Waals surface area contributed by atoms with Gasteiger partial charge in [-0.1, -0.05) is 37.6 Å². The monoisotopic (exact) mass is 369 g/mol. The van der Waals surface area contributed by atoms with Crippen LogP contribution in [0.4, 0.5) is 5.69 Å². The number of thioether (sulfide) groups is 1. The number of carbonyl (C=O) groups is 1. The van der Waals surface area contributed by atoms with Gasteiger partial charge in [-0.15, -0.1) is 11.8 Å². The van der Waals surface area contributed by atoms with Crippen LogP contribution in [0.2, 0.25) is 0 Å². The smallest absolute Gasteiger partial charge is 0.256 e. The molecule has 1 fully saturated rings. The van der Waals surface area contributed by atoms with E-state index in [0.717, 1.165) is 47.8 Å². The molecule has 26 heavy (non-hydrogen) atoms. The highest BCUT2D eigenvalue weighted by Gasteiger charge is 2.18. The quantitative estimate of drug-likeness (QED) is 0.620. The first-order valence-corrected chi connectivity index (χ1v) is 10.5. The van der Waals surface area contributed by atoms with Gasteiger partial charge in [-0.3, -0.25) is 4.79 Å². The molecule has 0 spiro atoms. The predicted octanol–water partition coefficient (Wildman–Crippen LogP) is 5.55. The highest BCUT2D eigenvalue weighted by molar-refractivity contribution is 7.99. The van der Waals surface area contributed by atoms with E-state index in [-0.39, 0.29) is 5.91 Å². The van der Waals surface area contributed by atoms with Crippen LogP contribution in [0.3, 0.4) is 0 Å². The van der Waals surface area contributed by atoms with Gasteiger partial charge in [-0.25, -0.2) is 0 Å². The number of benzene rings is 2. The molecule has 1 N–H and O–H groups in total. The number of rotatable bonds is 8. The third-order valence-corrected chi connectivity index (χ3v) is 5.82. The van der Waals surface area contributed by atoms with Crippen molar-refractivity contribution in [3.8, 4) is 0 Å². The maximum absolute atomic E-state index is 12.7. The summed E-state index contributed by atoms with van der Waals surface area (Å²) in [5.41, 5.74) is 2.89. The summed E-state index contributed by atoms with van der Waals surface area (Å²) in [5, 5.41) is 3.03. The van der Waals surface area contributed by atoms with E-state index in [1.165, 1.54) is 18.4 Å². The Bertz CT molecular complexity index is 708. The average molecular weight is 370 g/mol. The topological polar surface area (TPSA) is 38.3 Å². The lowest BCUT2D eigenvalue weighted by atomic mass is 10.1. The molecule has 3 nitrogen and oxygen atoms in total. The predicted molar refractivity (Wildman–Crippen MR) is 109 cm³/mol. The molecular weight excluding hydrogens is 342 g/mol. The second kappa shape index (κ2) is 9.79. The van der Waals surface area contributed by atoms with Crippen molar-refractivity contribution in [2.45, 2.75) is 50.0 Å². The molecule has 1 amide bonds. The SMILES string of the molecule is CCCCc1ccc(NC(=O)c2ccccc2SCC2CCCO2)cc1. The zero-order valence-corrected chi connectivity index (χ0v) is 16.2. The van der Waals surface area contributed by atoms with Gasteiger partial charge in [0.25, 0.3) is 5.91 Å². The van der Waals surface area contributed by atoms with Crippen LogP contribution in [-0.4, -0.2) is 24.4 Å². The van der Waals surface area contributed by atoms with E-state index in [1.54, 1.807) is 11.8 Å². The highest BCUT2D eigenvalue weighted by Crippen LogP contribution is 2.27. The minimum absolute atomic E-state index is 0.0539. The molecule has 0 bridgehead atoms. The summed E-state index contributed by atoms with van der Waals surface area (Å²) < 4.78 is 5.69. The summed E-state index contributed by atoms with van der Waals surface area (Å²) in [6.07, 6.45) is 6.05. The summed E-state index contributed by atoms with van der Waals surface area (Å²) in [4.78, 5) is 13.7. The fourth-order valence-corrected chi connectivity index (χ4v) is 4.19. The standard InChI is InChI=1S/C22H27NO2S/c1-2-3-7-17-11-13-18(14-12-17)23-22(24)20-9-4-5-10-21(20)26-16-19-8-6-15-25-19/h4-5,9-14,19H,2-3,6-8,15-16H2,1H3,(H,23,24). The number of hydrogen-bond donors (Lipinski definition) is 1. The molecular formula is C22H27NO2S. The third-order valence-electron chi connectivity index (χ3n) is 4.61. The first-order valence-electron chi connectivity index (χ1n) is 9.50. The van der Waals surface area contributed by atoms with Crippen molar-refractivity contribution >= 4 is 23.4 Å². The van der Waals surface area contributed by atoms with Gasteiger partial charge in [0.15, 0.2) is 0 Å². The molecule has 1 atom stereocenters. The summed E-state index contributed by atoms with van der Waals surface area (Å²) >= 11 is 1.71. The number of nitrogens with one attached hydrogen (secondary N) is 1. The van der Waals surface area contributed by atoms with Crippen LogP contribution < -0.4 is 5.32 Å². The lowest BCUT2D eigenvalue weighted by molar-refractivity contribution is 0.102. The summed E-state index contributed by atoms with van der Waals surface area (Å²) in [7, 11) is 0. The van der Waals surface area contributed by atoms with Crippen molar-refractivity contribution in [2.75, 3.05) is 17.7 Å². The number of aryl methyl sites for hydroxylation is 1.